The maximum atomic E-state index is 13.4. The summed E-state index contributed by atoms with van der Waals surface area (Å²) in [5, 5.41) is 3.13. The normalized spacial score (nSPS) is 16.1. The second kappa shape index (κ2) is 9.80. The highest BCUT2D eigenvalue weighted by molar-refractivity contribution is 5.85. The number of nitrogens with two attached hydrogens (primary N) is 1. The molecular formula is C16H24ClF2N3O. The van der Waals surface area contributed by atoms with Gasteiger partial charge < -0.3 is 16.0 Å². The highest BCUT2D eigenvalue weighted by atomic mass is 35.5. The number of halogens is 3. The number of carbonyl (C=O) groups excluding carboxylic acids is 1. The molecule has 0 aliphatic carbocycles. The van der Waals surface area contributed by atoms with Crippen molar-refractivity contribution in [1.29, 1.82) is 0 Å². The first kappa shape index (κ1) is 19.8. The molecule has 0 aromatic heterocycles. The van der Waals surface area contributed by atoms with Gasteiger partial charge in [0.05, 0.1) is 0 Å². The Hall–Kier alpha value is -1.24. The Labute approximate surface area is 141 Å². The molecule has 1 aromatic rings. The van der Waals surface area contributed by atoms with Gasteiger partial charge in [0.2, 0.25) is 5.91 Å². The zero-order valence-electron chi connectivity index (χ0n) is 13.1. The number of carbonyl (C=O) groups is 1. The molecule has 0 saturated carbocycles. The maximum Gasteiger partial charge on any atom is 0.220 e. The second-order valence-electron chi connectivity index (χ2n) is 5.78. The quantitative estimate of drug-likeness (QED) is 0.742. The smallest absolute Gasteiger partial charge is 0.220 e. The highest BCUT2D eigenvalue weighted by Crippen LogP contribution is 2.16. The first-order chi connectivity index (χ1) is 10.6. The molecule has 130 valence electrons. The number of likely N-dealkylation sites (tertiary alicyclic amines) is 1. The van der Waals surface area contributed by atoms with Crippen LogP contribution in [0.15, 0.2) is 18.2 Å². The molecule has 1 fully saturated rings. The van der Waals surface area contributed by atoms with Gasteiger partial charge in [-0.1, -0.05) is 0 Å². The van der Waals surface area contributed by atoms with Gasteiger partial charge in [0.25, 0.3) is 0 Å². The van der Waals surface area contributed by atoms with E-state index in [-0.39, 0.29) is 30.0 Å². The van der Waals surface area contributed by atoms with E-state index in [1.807, 2.05) is 0 Å². The topological polar surface area (TPSA) is 58.4 Å². The minimum absolute atomic E-state index is 0. The fourth-order valence-electron chi connectivity index (χ4n) is 2.77. The van der Waals surface area contributed by atoms with Crippen molar-refractivity contribution < 1.29 is 13.6 Å². The fourth-order valence-corrected chi connectivity index (χ4v) is 2.77. The van der Waals surface area contributed by atoms with Crippen molar-refractivity contribution in [1.82, 2.24) is 10.2 Å². The molecule has 1 aromatic carbocycles. The summed E-state index contributed by atoms with van der Waals surface area (Å²) in [7, 11) is 0. The van der Waals surface area contributed by atoms with Gasteiger partial charge in [-0.15, -0.1) is 12.4 Å². The zero-order valence-corrected chi connectivity index (χ0v) is 13.9. The van der Waals surface area contributed by atoms with Gasteiger partial charge in [-0.2, -0.15) is 0 Å². The molecule has 7 heteroatoms. The largest absolute Gasteiger partial charge is 0.369 e. The molecule has 1 aliphatic heterocycles. The first-order valence-corrected chi connectivity index (χ1v) is 7.72. The number of amides is 1. The lowest BCUT2D eigenvalue weighted by molar-refractivity contribution is -0.123. The van der Waals surface area contributed by atoms with Crippen LogP contribution in [0.3, 0.4) is 0 Å². The number of hydrogen-bond donors (Lipinski definition) is 2. The van der Waals surface area contributed by atoms with Gasteiger partial charge in [0, 0.05) is 18.0 Å². The minimum Gasteiger partial charge on any atom is -0.369 e. The minimum atomic E-state index is -0.421. The molecule has 2 rings (SSSR count). The van der Waals surface area contributed by atoms with E-state index < -0.39 is 5.82 Å². The number of nitrogens with one attached hydrogen (secondary N) is 1. The van der Waals surface area contributed by atoms with Crippen LogP contribution < -0.4 is 11.1 Å². The van der Waals surface area contributed by atoms with Crippen molar-refractivity contribution in [3.63, 3.8) is 0 Å². The van der Waals surface area contributed by atoms with Crippen LogP contribution in [0.25, 0.3) is 0 Å². The third kappa shape index (κ3) is 6.41. The Kier molecular flexibility index (Phi) is 8.44. The average Bonchev–Trinajstić information content (AvgIpc) is 2.50. The highest BCUT2D eigenvalue weighted by Gasteiger charge is 2.22. The Balaban J connectivity index is 0.00000264. The lowest BCUT2D eigenvalue weighted by atomic mass is 9.96. The summed E-state index contributed by atoms with van der Waals surface area (Å²) in [6.07, 6.45) is 2.59. The van der Waals surface area contributed by atoms with Crippen LogP contribution in [0.5, 0.6) is 0 Å². The van der Waals surface area contributed by atoms with Gasteiger partial charge in [-0.05, 0) is 63.6 Å². The summed E-state index contributed by atoms with van der Waals surface area (Å²) in [6.45, 7) is 3.79. The van der Waals surface area contributed by atoms with Gasteiger partial charge in [-0.3, -0.25) is 4.79 Å². The van der Waals surface area contributed by atoms with Crippen LogP contribution >= 0.6 is 12.4 Å². The standard InChI is InChI=1S/C16H23F2N3O.ClH/c17-14-2-3-15(18)13(10-14)11-20-6-1-7-21-8-4-12(5-9-21)16(19)22;/h2-3,10,12,20H,1,4-9,11H2,(H2,19,22);1H. The van der Waals surface area contributed by atoms with Crippen LogP contribution in [0.1, 0.15) is 24.8 Å². The van der Waals surface area contributed by atoms with Gasteiger partial charge in [-0.25, -0.2) is 8.78 Å². The van der Waals surface area contributed by atoms with Crippen LogP contribution in [-0.2, 0) is 11.3 Å². The van der Waals surface area contributed by atoms with Crippen molar-refractivity contribution >= 4 is 18.3 Å². The number of primary amides is 1. The van der Waals surface area contributed by atoms with Crippen molar-refractivity contribution in [3.8, 4) is 0 Å². The Bertz CT molecular complexity index is 508. The molecule has 1 heterocycles. The monoisotopic (exact) mass is 347 g/mol. The van der Waals surface area contributed by atoms with Gasteiger partial charge in [0.1, 0.15) is 11.6 Å². The number of nitrogens with zero attached hydrogens (tertiary/aromatic N) is 1. The molecule has 4 nitrogen and oxygen atoms in total. The molecule has 0 spiro atoms. The molecule has 1 amide bonds. The Morgan fingerprint density at radius 2 is 2.00 bits per heavy atom. The summed E-state index contributed by atoms with van der Waals surface area (Å²) < 4.78 is 26.4. The van der Waals surface area contributed by atoms with Crippen LogP contribution in [0.2, 0.25) is 0 Å². The molecule has 0 bridgehead atoms. The van der Waals surface area contributed by atoms with E-state index >= 15 is 0 Å². The van der Waals surface area contributed by atoms with Crippen molar-refractivity contribution in [3.05, 3.63) is 35.4 Å². The summed E-state index contributed by atoms with van der Waals surface area (Å²) in [4.78, 5) is 13.4. The molecule has 1 aliphatic rings. The van der Waals surface area contributed by atoms with E-state index in [1.165, 1.54) is 6.07 Å². The lowest BCUT2D eigenvalue weighted by Crippen LogP contribution is -2.39. The molecule has 1 saturated heterocycles. The van der Waals surface area contributed by atoms with E-state index in [1.54, 1.807) is 0 Å². The van der Waals surface area contributed by atoms with Crippen molar-refractivity contribution in [2.75, 3.05) is 26.2 Å². The van der Waals surface area contributed by atoms with Crippen LogP contribution in [0, 0.1) is 17.6 Å². The molecule has 23 heavy (non-hydrogen) atoms. The summed E-state index contributed by atoms with van der Waals surface area (Å²) >= 11 is 0. The first-order valence-electron chi connectivity index (χ1n) is 7.72. The van der Waals surface area contributed by atoms with E-state index in [0.717, 1.165) is 57.6 Å². The average molecular weight is 348 g/mol. The van der Waals surface area contributed by atoms with Gasteiger partial charge in [0.15, 0.2) is 0 Å². The van der Waals surface area contributed by atoms with Crippen LogP contribution in [0.4, 0.5) is 8.78 Å². The van der Waals surface area contributed by atoms with E-state index in [4.69, 9.17) is 5.73 Å². The van der Waals surface area contributed by atoms with Crippen molar-refractivity contribution in [2.45, 2.75) is 25.8 Å². The van der Waals surface area contributed by atoms with E-state index in [9.17, 15) is 13.6 Å². The lowest BCUT2D eigenvalue weighted by Gasteiger charge is -2.30. The maximum absolute atomic E-state index is 13.4. The van der Waals surface area contributed by atoms with Crippen LogP contribution in [-0.4, -0.2) is 37.0 Å². The molecule has 0 radical (unpaired) electrons. The van der Waals surface area contributed by atoms with E-state index in [2.05, 4.69) is 10.2 Å². The Morgan fingerprint density at radius 1 is 1.30 bits per heavy atom. The van der Waals surface area contributed by atoms with Crippen molar-refractivity contribution in [2.24, 2.45) is 11.7 Å². The summed E-state index contributed by atoms with van der Waals surface area (Å²) in [5.41, 5.74) is 5.65. The number of hydrogen-bond acceptors (Lipinski definition) is 3. The Morgan fingerprint density at radius 3 is 2.65 bits per heavy atom. The third-order valence-electron chi connectivity index (χ3n) is 4.14. The third-order valence-corrected chi connectivity index (χ3v) is 4.14. The molecular weight excluding hydrogens is 324 g/mol. The SMILES string of the molecule is Cl.NC(=O)C1CCN(CCCNCc2cc(F)ccc2F)CC1. The summed E-state index contributed by atoms with van der Waals surface area (Å²) in [6, 6.07) is 3.49. The molecule has 3 N–H and O–H groups in total. The predicted molar refractivity (Wildman–Crippen MR) is 88.3 cm³/mol. The molecule has 0 atom stereocenters. The molecule has 0 unspecified atom stereocenters. The zero-order chi connectivity index (χ0) is 15.9. The second-order valence-corrected chi connectivity index (χ2v) is 5.78. The van der Waals surface area contributed by atoms with E-state index in [0.29, 0.717) is 12.1 Å². The number of piperidine rings is 1. The fraction of sp³-hybridized carbons (Fsp3) is 0.562. The number of benzene rings is 1. The predicted octanol–water partition coefficient (Wildman–Crippen LogP) is 2.06. The van der Waals surface area contributed by atoms with Gasteiger partial charge >= 0.3 is 0 Å². The number of rotatable bonds is 7. The summed E-state index contributed by atoms with van der Waals surface area (Å²) in [5.74, 6) is -0.985.